The lowest BCUT2D eigenvalue weighted by Crippen LogP contribution is -2.31. The van der Waals surface area contributed by atoms with Crippen LogP contribution in [0.2, 0.25) is 0 Å². The molecule has 1 aromatic rings. The van der Waals surface area contributed by atoms with Crippen molar-refractivity contribution in [2.75, 3.05) is 11.9 Å². The molecule has 0 atom stereocenters. The highest BCUT2D eigenvalue weighted by Crippen LogP contribution is 2.46. The van der Waals surface area contributed by atoms with E-state index in [2.05, 4.69) is 10.6 Å². The third kappa shape index (κ3) is 2.89. The van der Waals surface area contributed by atoms with Crippen LogP contribution in [0.1, 0.15) is 35.7 Å². The number of carboxylic acid groups (broad SMARTS) is 1. The predicted octanol–water partition coefficient (Wildman–Crippen LogP) is 1.55. The van der Waals surface area contributed by atoms with Crippen molar-refractivity contribution in [3.8, 4) is 0 Å². The van der Waals surface area contributed by atoms with Crippen molar-refractivity contribution in [2.24, 2.45) is 5.41 Å². The quantitative estimate of drug-likeness (QED) is 0.717. The Balaban J connectivity index is 2.20. The van der Waals surface area contributed by atoms with Crippen molar-refractivity contribution >= 4 is 23.5 Å². The predicted molar refractivity (Wildman–Crippen MR) is 77.1 cm³/mol. The molecular formula is C15H18N2O4. The van der Waals surface area contributed by atoms with Crippen molar-refractivity contribution in [1.29, 1.82) is 0 Å². The highest BCUT2D eigenvalue weighted by Gasteiger charge is 2.57. The van der Waals surface area contributed by atoms with Crippen molar-refractivity contribution in [1.82, 2.24) is 5.32 Å². The first-order chi connectivity index (χ1) is 9.90. The van der Waals surface area contributed by atoms with Gasteiger partial charge in [0.2, 0.25) is 5.91 Å². The second-order valence-electron chi connectivity index (χ2n) is 5.23. The van der Waals surface area contributed by atoms with Gasteiger partial charge in [0, 0.05) is 17.8 Å². The largest absolute Gasteiger partial charge is 0.480 e. The fourth-order valence-electron chi connectivity index (χ4n) is 2.07. The van der Waals surface area contributed by atoms with Gasteiger partial charge in [0.15, 0.2) is 0 Å². The van der Waals surface area contributed by atoms with Crippen molar-refractivity contribution in [2.45, 2.75) is 26.7 Å². The second kappa shape index (κ2) is 5.55. The molecule has 3 N–H and O–H groups in total. The number of hydrogen-bond donors (Lipinski definition) is 3. The molecule has 1 fully saturated rings. The lowest BCUT2D eigenvalue weighted by molar-refractivity contribution is -0.147. The third-order valence-corrected chi connectivity index (χ3v) is 3.68. The molecule has 0 unspecified atom stereocenters. The summed E-state index contributed by atoms with van der Waals surface area (Å²) in [5.74, 6) is -1.85. The average molecular weight is 290 g/mol. The topological polar surface area (TPSA) is 95.5 Å². The maximum Gasteiger partial charge on any atom is 0.319 e. The zero-order valence-corrected chi connectivity index (χ0v) is 12.0. The minimum absolute atomic E-state index is 0.229. The van der Waals surface area contributed by atoms with Gasteiger partial charge in [-0.25, -0.2) is 0 Å². The van der Waals surface area contributed by atoms with E-state index in [1.165, 1.54) is 0 Å². The van der Waals surface area contributed by atoms with E-state index in [1.54, 1.807) is 25.1 Å². The molecule has 6 nitrogen and oxygen atoms in total. The van der Waals surface area contributed by atoms with Gasteiger partial charge in [0.05, 0.1) is 0 Å². The number of carbonyl (C=O) groups is 3. The third-order valence-electron chi connectivity index (χ3n) is 3.68. The fourth-order valence-corrected chi connectivity index (χ4v) is 2.07. The molecule has 0 aliphatic heterocycles. The van der Waals surface area contributed by atoms with Crippen LogP contribution in [0.3, 0.4) is 0 Å². The number of amides is 2. The fraction of sp³-hybridized carbons (Fsp3) is 0.400. The number of carbonyl (C=O) groups excluding carboxylic acids is 2. The monoisotopic (exact) mass is 290 g/mol. The Hall–Kier alpha value is -2.37. The first kappa shape index (κ1) is 15.0. The van der Waals surface area contributed by atoms with Crippen LogP contribution in [-0.2, 0) is 9.59 Å². The molecule has 112 valence electrons. The number of carboxylic acids is 1. The van der Waals surface area contributed by atoms with E-state index in [9.17, 15) is 14.4 Å². The van der Waals surface area contributed by atoms with Crippen LogP contribution in [0.4, 0.5) is 5.69 Å². The maximum atomic E-state index is 12.1. The van der Waals surface area contributed by atoms with E-state index in [4.69, 9.17) is 5.11 Å². The van der Waals surface area contributed by atoms with Crippen molar-refractivity contribution in [3.05, 3.63) is 29.3 Å². The first-order valence-corrected chi connectivity index (χ1v) is 6.84. The molecule has 0 radical (unpaired) electrons. The van der Waals surface area contributed by atoms with Crippen LogP contribution in [-0.4, -0.2) is 29.4 Å². The highest BCUT2D eigenvalue weighted by atomic mass is 16.4. The van der Waals surface area contributed by atoms with Crippen LogP contribution in [0, 0.1) is 12.3 Å². The molecule has 1 aliphatic carbocycles. The summed E-state index contributed by atoms with van der Waals surface area (Å²) in [4.78, 5) is 35.0. The molecular weight excluding hydrogens is 272 g/mol. The van der Waals surface area contributed by atoms with Gasteiger partial charge >= 0.3 is 5.97 Å². The van der Waals surface area contributed by atoms with E-state index in [1.807, 2.05) is 6.92 Å². The van der Waals surface area contributed by atoms with Crippen LogP contribution in [0.5, 0.6) is 0 Å². The summed E-state index contributed by atoms with van der Waals surface area (Å²) in [6.45, 7) is 4.12. The van der Waals surface area contributed by atoms with Crippen LogP contribution in [0.15, 0.2) is 18.2 Å². The van der Waals surface area contributed by atoms with E-state index < -0.39 is 17.3 Å². The summed E-state index contributed by atoms with van der Waals surface area (Å²) in [7, 11) is 0. The van der Waals surface area contributed by atoms with Gasteiger partial charge in [0.25, 0.3) is 5.91 Å². The van der Waals surface area contributed by atoms with Crippen LogP contribution >= 0.6 is 0 Å². The van der Waals surface area contributed by atoms with Crippen molar-refractivity contribution in [3.63, 3.8) is 0 Å². The van der Waals surface area contributed by atoms with Gasteiger partial charge < -0.3 is 15.7 Å². The summed E-state index contributed by atoms with van der Waals surface area (Å²) in [6.07, 6.45) is 0.701. The molecule has 1 saturated carbocycles. The molecule has 1 aromatic carbocycles. The molecule has 0 heterocycles. The second-order valence-corrected chi connectivity index (χ2v) is 5.23. The Morgan fingerprint density at radius 3 is 2.48 bits per heavy atom. The standard InChI is InChI=1S/C15H18N2O4/c1-3-16-12(18)10-5-4-9(2)11(8-10)17-13(19)15(6-7-15)14(20)21/h4-5,8H,3,6-7H2,1-2H3,(H,16,18)(H,17,19)(H,20,21). The summed E-state index contributed by atoms with van der Waals surface area (Å²) in [5, 5.41) is 14.4. The Morgan fingerprint density at radius 2 is 1.95 bits per heavy atom. The Bertz CT molecular complexity index is 606. The molecule has 2 rings (SSSR count). The smallest absolute Gasteiger partial charge is 0.319 e. The number of nitrogens with one attached hydrogen (secondary N) is 2. The number of hydrogen-bond acceptors (Lipinski definition) is 3. The molecule has 1 aliphatic rings. The normalized spacial score (nSPS) is 15.1. The minimum atomic E-state index is -1.30. The van der Waals surface area contributed by atoms with Gasteiger partial charge in [-0.05, 0) is 44.4 Å². The molecule has 0 aromatic heterocycles. The molecule has 6 heteroatoms. The van der Waals surface area contributed by atoms with Gasteiger partial charge in [-0.1, -0.05) is 6.07 Å². The summed E-state index contributed by atoms with van der Waals surface area (Å²) in [5.41, 5.74) is 0.375. The number of aliphatic carboxylic acids is 1. The lowest BCUT2D eigenvalue weighted by Gasteiger charge is -2.14. The maximum absolute atomic E-state index is 12.1. The summed E-state index contributed by atoms with van der Waals surface area (Å²) >= 11 is 0. The molecule has 0 spiro atoms. The molecule has 0 bridgehead atoms. The molecule has 2 amide bonds. The summed E-state index contributed by atoms with van der Waals surface area (Å²) < 4.78 is 0. The molecule has 0 saturated heterocycles. The lowest BCUT2D eigenvalue weighted by atomic mass is 10.1. The van der Waals surface area contributed by atoms with Crippen LogP contribution < -0.4 is 10.6 Å². The van der Waals surface area contributed by atoms with Gasteiger partial charge in [-0.15, -0.1) is 0 Å². The minimum Gasteiger partial charge on any atom is -0.480 e. The van der Waals surface area contributed by atoms with Crippen LogP contribution in [0.25, 0.3) is 0 Å². The SMILES string of the molecule is CCNC(=O)c1ccc(C)c(NC(=O)C2(C(=O)O)CC2)c1. The van der Waals surface area contributed by atoms with Gasteiger partial charge in [-0.2, -0.15) is 0 Å². The number of benzene rings is 1. The Kier molecular flexibility index (Phi) is 3.97. The van der Waals surface area contributed by atoms with E-state index in [0.717, 1.165) is 5.56 Å². The van der Waals surface area contributed by atoms with Crippen molar-refractivity contribution < 1.29 is 19.5 Å². The number of aryl methyl sites for hydroxylation is 1. The van der Waals surface area contributed by atoms with E-state index >= 15 is 0 Å². The first-order valence-electron chi connectivity index (χ1n) is 6.84. The highest BCUT2D eigenvalue weighted by molar-refractivity contribution is 6.11. The number of rotatable bonds is 5. The Labute approximate surface area is 122 Å². The zero-order chi connectivity index (χ0) is 15.6. The van der Waals surface area contributed by atoms with E-state index in [-0.39, 0.29) is 5.91 Å². The zero-order valence-electron chi connectivity index (χ0n) is 12.0. The van der Waals surface area contributed by atoms with Gasteiger partial charge in [0.1, 0.15) is 5.41 Å². The number of anilines is 1. The Morgan fingerprint density at radius 1 is 1.29 bits per heavy atom. The summed E-state index contributed by atoms with van der Waals surface area (Å²) in [6, 6.07) is 4.96. The molecule has 21 heavy (non-hydrogen) atoms. The average Bonchev–Trinajstić information content (AvgIpc) is 3.23. The van der Waals surface area contributed by atoms with E-state index in [0.29, 0.717) is 30.6 Å². The van der Waals surface area contributed by atoms with Gasteiger partial charge in [-0.3, -0.25) is 14.4 Å².